The van der Waals surface area contributed by atoms with Gasteiger partial charge < -0.3 is 20.1 Å². The Morgan fingerprint density at radius 1 is 0.696 bits per heavy atom. The quantitative estimate of drug-likeness (QED) is 0.197. The SMILES string of the molecule is CC1=C(C(=O)O)N=c2c1c(C)c1c(c2-c2cccc(N(C)C)c2)-c2ccccc2N=1.O=C(O)c1ccc2c(c1)[nH]c1ccccc12. The van der Waals surface area contributed by atoms with Crippen LogP contribution in [0.2, 0.25) is 0 Å². The third-order valence-electron chi connectivity index (χ3n) is 8.66. The monoisotopic (exact) mass is 606 g/mol. The predicted molar refractivity (Wildman–Crippen MR) is 181 cm³/mol. The number of nitrogens with one attached hydrogen (secondary N) is 1. The zero-order chi connectivity index (χ0) is 32.3. The molecule has 1 aromatic heterocycles. The highest BCUT2D eigenvalue weighted by Crippen LogP contribution is 2.40. The summed E-state index contributed by atoms with van der Waals surface area (Å²) in [7, 11) is 4.01. The van der Waals surface area contributed by atoms with Gasteiger partial charge in [0.15, 0.2) is 5.70 Å². The second-order valence-corrected chi connectivity index (χ2v) is 11.6. The molecule has 8 nitrogen and oxygen atoms in total. The van der Waals surface area contributed by atoms with Crippen molar-refractivity contribution >= 4 is 50.7 Å². The molecule has 0 unspecified atom stereocenters. The van der Waals surface area contributed by atoms with Crippen LogP contribution < -0.4 is 15.6 Å². The summed E-state index contributed by atoms with van der Waals surface area (Å²) in [5.74, 6) is -1.91. The van der Waals surface area contributed by atoms with Gasteiger partial charge in [0.25, 0.3) is 0 Å². The van der Waals surface area contributed by atoms with E-state index in [9.17, 15) is 14.7 Å². The number of nitrogens with zero attached hydrogens (tertiary/aromatic N) is 3. The first kappa shape index (κ1) is 28.7. The lowest BCUT2D eigenvalue weighted by atomic mass is 9.88. The van der Waals surface area contributed by atoms with Crippen LogP contribution in [0.4, 0.5) is 11.4 Å². The van der Waals surface area contributed by atoms with Crippen molar-refractivity contribution in [3.8, 4) is 22.3 Å². The number of hydrogen-bond acceptors (Lipinski definition) is 5. The molecular weight excluding hydrogens is 576 g/mol. The summed E-state index contributed by atoms with van der Waals surface area (Å²) in [6.45, 7) is 3.84. The summed E-state index contributed by atoms with van der Waals surface area (Å²) in [5.41, 5.74) is 10.9. The van der Waals surface area contributed by atoms with Crippen LogP contribution >= 0.6 is 0 Å². The molecule has 0 saturated heterocycles. The van der Waals surface area contributed by atoms with Gasteiger partial charge in [-0.25, -0.2) is 19.6 Å². The van der Waals surface area contributed by atoms with Crippen LogP contribution in [0, 0.1) is 6.92 Å². The molecule has 0 fully saturated rings. The van der Waals surface area contributed by atoms with Crippen molar-refractivity contribution in [2.45, 2.75) is 13.8 Å². The first-order valence-corrected chi connectivity index (χ1v) is 14.8. The van der Waals surface area contributed by atoms with Crippen LogP contribution in [0.5, 0.6) is 0 Å². The highest BCUT2D eigenvalue weighted by atomic mass is 16.4. The number of allylic oxidation sites excluding steroid dienone is 1. The lowest BCUT2D eigenvalue weighted by Gasteiger charge is -2.16. The Hall–Kier alpha value is -6.02. The summed E-state index contributed by atoms with van der Waals surface area (Å²) in [6.07, 6.45) is 0. The van der Waals surface area contributed by atoms with E-state index in [1.165, 1.54) is 0 Å². The summed E-state index contributed by atoms with van der Waals surface area (Å²) in [5, 5.41) is 22.4. The van der Waals surface area contributed by atoms with Crippen molar-refractivity contribution in [2.24, 2.45) is 9.98 Å². The molecule has 8 rings (SSSR count). The van der Waals surface area contributed by atoms with Crippen molar-refractivity contribution in [3.63, 3.8) is 0 Å². The number of aromatic nitrogens is 1. The van der Waals surface area contributed by atoms with Gasteiger partial charge in [-0.1, -0.05) is 54.6 Å². The maximum Gasteiger partial charge on any atom is 0.354 e. The molecule has 0 bridgehead atoms. The van der Waals surface area contributed by atoms with E-state index in [4.69, 9.17) is 10.1 Å². The van der Waals surface area contributed by atoms with Crippen molar-refractivity contribution in [2.75, 3.05) is 19.0 Å². The Labute approximate surface area is 264 Å². The molecule has 3 heterocycles. The van der Waals surface area contributed by atoms with Gasteiger partial charge >= 0.3 is 11.9 Å². The Kier molecular flexibility index (Phi) is 6.78. The highest BCUT2D eigenvalue weighted by Gasteiger charge is 2.30. The molecule has 5 aromatic carbocycles. The molecule has 226 valence electrons. The molecule has 0 atom stereocenters. The highest BCUT2D eigenvalue weighted by molar-refractivity contribution is 6.08. The van der Waals surface area contributed by atoms with Gasteiger partial charge in [0.2, 0.25) is 0 Å². The van der Waals surface area contributed by atoms with Crippen LogP contribution in [0.25, 0.3) is 49.6 Å². The van der Waals surface area contributed by atoms with Gasteiger partial charge in [-0.2, -0.15) is 0 Å². The molecule has 46 heavy (non-hydrogen) atoms. The number of para-hydroxylation sites is 2. The predicted octanol–water partition coefficient (Wildman–Crippen LogP) is 7.13. The number of aromatic carboxylic acids is 1. The molecule has 3 N–H and O–H groups in total. The van der Waals surface area contributed by atoms with E-state index >= 15 is 0 Å². The van der Waals surface area contributed by atoms with Crippen LogP contribution in [0.1, 0.15) is 28.4 Å². The lowest BCUT2D eigenvalue weighted by Crippen LogP contribution is -2.22. The second kappa shape index (κ2) is 10.9. The van der Waals surface area contributed by atoms with Crippen LogP contribution in [-0.2, 0) is 4.79 Å². The Morgan fingerprint density at radius 3 is 2.20 bits per heavy atom. The topological polar surface area (TPSA) is 118 Å². The first-order valence-electron chi connectivity index (χ1n) is 14.8. The maximum atomic E-state index is 11.9. The van der Waals surface area contributed by atoms with Crippen LogP contribution in [0.3, 0.4) is 0 Å². The minimum absolute atomic E-state index is 0.107. The molecule has 0 amide bonds. The first-order chi connectivity index (χ1) is 22.1. The number of anilines is 1. The molecule has 2 aliphatic rings. The van der Waals surface area contributed by atoms with Gasteiger partial charge in [0.05, 0.1) is 22.0 Å². The molecular formula is C38H30N4O4. The normalized spacial score (nSPS) is 12.5. The Morgan fingerprint density at radius 2 is 1.43 bits per heavy atom. The number of carboxylic acid groups (broad SMARTS) is 2. The number of carboxylic acids is 2. The Bertz CT molecular complexity index is 2440. The maximum absolute atomic E-state index is 11.9. The molecule has 8 heteroatoms. The fourth-order valence-electron chi connectivity index (χ4n) is 6.45. The number of H-pyrrole nitrogens is 1. The molecule has 2 aliphatic heterocycles. The standard InChI is InChI=1S/C25H21N3O2.C13H9NO2/c1-13-19-14(2)23(25(29)30)27-24(19)20(15-8-7-9-16(12-15)28(3)4)21-17-10-5-6-11-18(17)26-22(13)21;15-13(16)8-5-6-10-9-3-1-2-4-11(9)14-12(10)7-8/h5-12H,1-4H3,(H,29,30);1-7,14H,(H,15,16). The number of rotatable bonds is 4. The van der Waals surface area contributed by atoms with Crippen LogP contribution in [-0.4, -0.2) is 41.2 Å². The van der Waals surface area contributed by atoms with Crippen molar-refractivity contribution in [1.82, 2.24) is 4.98 Å². The summed E-state index contributed by atoms with van der Waals surface area (Å²) < 4.78 is 0. The molecule has 0 spiro atoms. The summed E-state index contributed by atoms with van der Waals surface area (Å²) in [4.78, 5) is 37.5. The van der Waals surface area contributed by atoms with E-state index in [0.29, 0.717) is 11.1 Å². The number of hydrogen-bond donors (Lipinski definition) is 3. The van der Waals surface area contributed by atoms with E-state index in [2.05, 4.69) is 39.1 Å². The zero-order valence-electron chi connectivity index (χ0n) is 25.7. The van der Waals surface area contributed by atoms with E-state index < -0.39 is 11.9 Å². The van der Waals surface area contributed by atoms with Crippen molar-refractivity contribution < 1.29 is 19.8 Å². The van der Waals surface area contributed by atoms with Gasteiger partial charge in [0.1, 0.15) is 0 Å². The molecule has 0 saturated carbocycles. The summed E-state index contributed by atoms with van der Waals surface area (Å²) >= 11 is 0. The van der Waals surface area contributed by atoms with Crippen molar-refractivity contribution in [1.29, 1.82) is 0 Å². The fraction of sp³-hybridized carbons (Fsp3) is 0.105. The third-order valence-corrected chi connectivity index (χ3v) is 8.66. The summed E-state index contributed by atoms with van der Waals surface area (Å²) in [6, 6.07) is 29.4. The minimum atomic E-state index is -1.01. The van der Waals surface area contributed by atoms with Gasteiger partial charge in [-0.05, 0) is 66.9 Å². The molecule has 6 aromatic rings. The average Bonchev–Trinajstić information content (AvgIpc) is 3.73. The average molecular weight is 607 g/mol. The number of carbonyl (C=O) groups is 2. The molecule has 0 aliphatic carbocycles. The zero-order valence-corrected chi connectivity index (χ0v) is 25.7. The van der Waals surface area contributed by atoms with E-state index in [1.807, 2.05) is 82.5 Å². The van der Waals surface area contributed by atoms with Crippen LogP contribution in [0.15, 0.2) is 107 Å². The number of aromatic amines is 1. The largest absolute Gasteiger partial charge is 0.478 e. The van der Waals surface area contributed by atoms with E-state index in [-0.39, 0.29) is 5.70 Å². The molecule has 0 radical (unpaired) electrons. The minimum Gasteiger partial charge on any atom is -0.478 e. The number of fused-ring (bicyclic) bond motifs is 7. The smallest absolute Gasteiger partial charge is 0.354 e. The second-order valence-electron chi connectivity index (χ2n) is 11.6. The Balaban J connectivity index is 0.000000177. The van der Waals surface area contributed by atoms with Gasteiger partial charge in [-0.3, -0.25) is 0 Å². The van der Waals surface area contributed by atoms with E-state index in [0.717, 1.165) is 77.3 Å². The number of aliphatic carboxylic acids is 1. The van der Waals surface area contributed by atoms with Gasteiger partial charge in [0, 0.05) is 63.8 Å². The number of benzene rings is 5. The van der Waals surface area contributed by atoms with Crippen molar-refractivity contribution in [3.05, 3.63) is 124 Å². The van der Waals surface area contributed by atoms with Gasteiger partial charge in [-0.15, -0.1) is 0 Å². The van der Waals surface area contributed by atoms with E-state index in [1.54, 1.807) is 12.1 Å². The fourth-order valence-corrected chi connectivity index (χ4v) is 6.45. The third kappa shape index (κ3) is 4.54. The lowest BCUT2D eigenvalue weighted by molar-refractivity contribution is -0.132.